The molecule has 0 aromatic heterocycles. The molecule has 3 aromatic carbocycles. The lowest BCUT2D eigenvalue weighted by molar-refractivity contribution is 0.0144. The van der Waals surface area contributed by atoms with Gasteiger partial charge in [-0.1, -0.05) is 85.8 Å². The predicted octanol–water partition coefficient (Wildman–Crippen LogP) is 6.36. The first-order valence-corrected chi connectivity index (χ1v) is 9.82. The van der Waals surface area contributed by atoms with Crippen LogP contribution < -0.4 is 4.74 Å². The van der Waals surface area contributed by atoms with Crippen molar-refractivity contribution in [2.45, 2.75) is 26.0 Å². The van der Waals surface area contributed by atoms with Crippen molar-refractivity contribution in [1.82, 2.24) is 4.90 Å². The zero-order valence-electron chi connectivity index (χ0n) is 17.2. The number of hydrogen-bond donors (Lipinski definition) is 0. The van der Waals surface area contributed by atoms with Gasteiger partial charge in [0.2, 0.25) is 0 Å². The predicted molar refractivity (Wildman–Crippen MR) is 119 cm³/mol. The Labute approximate surface area is 169 Å². The van der Waals surface area contributed by atoms with E-state index in [-0.39, 0.29) is 0 Å². The van der Waals surface area contributed by atoms with E-state index in [4.69, 9.17) is 4.74 Å². The first kappa shape index (κ1) is 19.9. The summed E-state index contributed by atoms with van der Waals surface area (Å²) in [6, 6.07) is 31.2. The van der Waals surface area contributed by atoms with E-state index in [9.17, 15) is 0 Å². The molecule has 3 rings (SSSR count). The highest BCUT2D eigenvalue weighted by molar-refractivity contribution is 5.94. The molecule has 0 spiro atoms. The van der Waals surface area contributed by atoms with Gasteiger partial charge in [-0.2, -0.15) is 0 Å². The Kier molecular flexibility index (Phi) is 6.33. The third kappa shape index (κ3) is 4.18. The Balaban J connectivity index is 2.26. The Bertz CT molecular complexity index is 901. The number of nitrogens with zero attached hydrogens (tertiary/aromatic N) is 1. The first-order chi connectivity index (χ1) is 13.6. The van der Waals surface area contributed by atoms with Crippen molar-refractivity contribution in [3.05, 3.63) is 102 Å². The summed E-state index contributed by atoms with van der Waals surface area (Å²) in [6.07, 6.45) is 0.913. The number of allylic oxidation sites excluding steroid dienone is 1. The molecule has 0 aliphatic heterocycles. The molecule has 0 aliphatic carbocycles. The molecule has 0 heterocycles. The van der Waals surface area contributed by atoms with Gasteiger partial charge in [-0.25, -0.2) is 0 Å². The molecule has 0 fully saturated rings. The second kappa shape index (κ2) is 8.90. The molecule has 0 saturated heterocycles. The van der Waals surface area contributed by atoms with Gasteiger partial charge in [0.05, 0.1) is 0 Å². The maximum Gasteiger partial charge on any atom is 0.187 e. The fourth-order valence-electron chi connectivity index (χ4n) is 3.58. The quantitative estimate of drug-likeness (QED) is 0.354. The van der Waals surface area contributed by atoms with Crippen molar-refractivity contribution in [1.29, 1.82) is 0 Å². The normalized spacial score (nSPS) is 14.3. The van der Waals surface area contributed by atoms with Gasteiger partial charge in [0.1, 0.15) is 5.75 Å². The van der Waals surface area contributed by atoms with Crippen LogP contribution in [0, 0.1) is 0 Å². The number of para-hydroxylation sites is 1. The molecule has 28 heavy (non-hydrogen) atoms. The monoisotopic (exact) mass is 371 g/mol. The minimum atomic E-state index is -0.635. The summed E-state index contributed by atoms with van der Waals surface area (Å²) >= 11 is 0. The van der Waals surface area contributed by atoms with E-state index >= 15 is 0 Å². The van der Waals surface area contributed by atoms with Crippen LogP contribution in [0.5, 0.6) is 5.75 Å². The second-order valence-electron chi connectivity index (χ2n) is 7.23. The Morgan fingerprint density at radius 3 is 1.68 bits per heavy atom. The highest BCUT2D eigenvalue weighted by atomic mass is 16.5. The third-order valence-electron chi connectivity index (χ3n) is 5.22. The average molecular weight is 372 g/mol. The molecular weight excluding hydrogens is 342 g/mol. The van der Waals surface area contributed by atoms with Crippen molar-refractivity contribution in [3.8, 4) is 5.75 Å². The van der Waals surface area contributed by atoms with E-state index in [1.54, 1.807) is 0 Å². The second-order valence-corrected chi connectivity index (χ2v) is 7.23. The molecule has 0 bridgehead atoms. The standard InChI is InChI=1S/C26H29NO/c1-5-24(21-15-9-6-10-16-21)25(22-17-11-7-12-18-22)26(2,27(3)4)28-23-19-13-8-14-20-23/h6-20H,5H2,1-4H3. The molecule has 0 aliphatic rings. The van der Waals surface area contributed by atoms with E-state index in [2.05, 4.69) is 93.5 Å². The fourth-order valence-corrected chi connectivity index (χ4v) is 3.58. The Morgan fingerprint density at radius 2 is 1.21 bits per heavy atom. The lowest BCUT2D eigenvalue weighted by Gasteiger charge is -2.40. The summed E-state index contributed by atoms with van der Waals surface area (Å²) in [5, 5.41) is 0. The van der Waals surface area contributed by atoms with Gasteiger partial charge >= 0.3 is 0 Å². The average Bonchev–Trinajstić information content (AvgIpc) is 2.73. The van der Waals surface area contributed by atoms with Crippen molar-refractivity contribution in [2.75, 3.05) is 14.1 Å². The molecule has 1 atom stereocenters. The number of ether oxygens (including phenoxy) is 1. The van der Waals surface area contributed by atoms with Gasteiger partial charge in [-0.05, 0) is 56.3 Å². The van der Waals surface area contributed by atoms with Crippen LogP contribution in [0.4, 0.5) is 0 Å². The third-order valence-corrected chi connectivity index (χ3v) is 5.22. The van der Waals surface area contributed by atoms with Gasteiger partial charge < -0.3 is 4.74 Å². The van der Waals surface area contributed by atoms with Crippen molar-refractivity contribution in [3.63, 3.8) is 0 Å². The largest absolute Gasteiger partial charge is 0.469 e. The van der Waals surface area contributed by atoms with E-state index in [1.165, 1.54) is 22.3 Å². The zero-order valence-corrected chi connectivity index (χ0v) is 17.2. The lowest BCUT2D eigenvalue weighted by atomic mass is 9.86. The Hall–Kier alpha value is -2.84. The van der Waals surface area contributed by atoms with Gasteiger partial charge in [0.15, 0.2) is 5.72 Å². The van der Waals surface area contributed by atoms with Gasteiger partial charge in [-0.3, -0.25) is 4.90 Å². The van der Waals surface area contributed by atoms with Gasteiger partial charge in [-0.15, -0.1) is 0 Å². The maximum absolute atomic E-state index is 6.65. The molecule has 0 saturated carbocycles. The highest BCUT2D eigenvalue weighted by Crippen LogP contribution is 2.40. The van der Waals surface area contributed by atoms with Crippen molar-refractivity contribution < 1.29 is 4.74 Å². The zero-order chi connectivity index (χ0) is 20.0. The lowest BCUT2D eigenvalue weighted by Crippen LogP contribution is -2.48. The van der Waals surface area contributed by atoms with Crippen molar-refractivity contribution >= 4 is 11.1 Å². The van der Waals surface area contributed by atoms with Crippen LogP contribution in [0.1, 0.15) is 31.4 Å². The van der Waals surface area contributed by atoms with E-state index in [0.29, 0.717) is 0 Å². The number of benzene rings is 3. The molecule has 0 amide bonds. The number of rotatable bonds is 7. The molecule has 1 unspecified atom stereocenters. The van der Waals surface area contributed by atoms with Crippen LogP contribution in [-0.2, 0) is 0 Å². The topological polar surface area (TPSA) is 12.5 Å². The number of likely N-dealkylation sites (N-methyl/N-ethyl adjacent to an activating group) is 1. The molecule has 3 aromatic rings. The first-order valence-electron chi connectivity index (χ1n) is 9.82. The van der Waals surface area contributed by atoms with Gasteiger partial charge in [0.25, 0.3) is 0 Å². The molecule has 2 heteroatoms. The Morgan fingerprint density at radius 1 is 0.750 bits per heavy atom. The summed E-state index contributed by atoms with van der Waals surface area (Å²) in [4.78, 5) is 2.15. The molecule has 0 radical (unpaired) electrons. The minimum absolute atomic E-state index is 0.635. The fraction of sp³-hybridized carbons (Fsp3) is 0.231. The van der Waals surface area contributed by atoms with Crippen LogP contribution in [0.3, 0.4) is 0 Å². The summed E-state index contributed by atoms with van der Waals surface area (Å²) in [7, 11) is 4.15. The molecule has 0 N–H and O–H groups in total. The van der Waals surface area contributed by atoms with Crippen LogP contribution in [0.2, 0.25) is 0 Å². The van der Waals surface area contributed by atoms with Crippen LogP contribution >= 0.6 is 0 Å². The highest BCUT2D eigenvalue weighted by Gasteiger charge is 2.37. The van der Waals surface area contributed by atoms with E-state index < -0.39 is 5.72 Å². The molecular formula is C26H29NO. The van der Waals surface area contributed by atoms with Crippen LogP contribution in [-0.4, -0.2) is 24.7 Å². The summed E-state index contributed by atoms with van der Waals surface area (Å²) < 4.78 is 6.65. The summed E-state index contributed by atoms with van der Waals surface area (Å²) in [6.45, 7) is 4.37. The van der Waals surface area contributed by atoms with E-state index in [1.807, 2.05) is 30.3 Å². The SMILES string of the molecule is CCC(=C(c1ccccc1)C(C)(Oc1ccccc1)N(C)C)c1ccccc1. The summed E-state index contributed by atoms with van der Waals surface area (Å²) in [5.74, 6) is 0.857. The van der Waals surface area contributed by atoms with Crippen LogP contribution in [0.25, 0.3) is 11.1 Å². The molecule has 144 valence electrons. The van der Waals surface area contributed by atoms with Crippen molar-refractivity contribution in [2.24, 2.45) is 0 Å². The number of hydrogen-bond acceptors (Lipinski definition) is 2. The van der Waals surface area contributed by atoms with Gasteiger partial charge in [0, 0.05) is 5.57 Å². The van der Waals surface area contributed by atoms with Crippen LogP contribution in [0.15, 0.2) is 91.0 Å². The minimum Gasteiger partial charge on any atom is -0.469 e. The maximum atomic E-state index is 6.65. The smallest absolute Gasteiger partial charge is 0.187 e. The molecule has 2 nitrogen and oxygen atoms in total. The van der Waals surface area contributed by atoms with E-state index in [0.717, 1.165) is 12.2 Å². The summed E-state index contributed by atoms with van der Waals surface area (Å²) in [5.41, 5.74) is 4.25.